The van der Waals surface area contributed by atoms with Gasteiger partial charge in [0.1, 0.15) is 6.10 Å². The SMILES string of the molecule is CC(=O)O[C@H]1Cc2cc3c(cc2[C@@H]2N(C)Cc4c(ccc5c4OCO5)[C@]12C)OCO3. The van der Waals surface area contributed by atoms with Gasteiger partial charge in [-0.1, -0.05) is 13.0 Å². The minimum atomic E-state index is -0.463. The van der Waals surface area contributed by atoms with Crippen molar-refractivity contribution in [3.63, 3.8) is 0 Å². The van der Waals surface area contributed by atoms with E-state index in [0.29, 0.717) is 13.0 Å². The van der Waals surface area contributed by atoms with Crippen molar-refractivity contribution >= 4 is 5.97 Å². The lowest BCUT2D eigenvalue weighted by atomic mass is 9.60. The van der Waals surface area contributed by atoms with Crippen LogP contribution in [0.5, 0.6) is 23.0 Å². The number of fused-ring (bicyclic) bond motifs is 8. The van der Waals surface area contributed by atoms with Crippen LogP contribution in [0.4, 0.5) is 0 Å². The van der Waals surface area contributed by atoms with Gasteiger partial charge in [-0.05, 0) is 41.9 Å². The summed E-state index contributed by atoms with van der Waals surface area (Å²) in [6, 6.07) is 8.22. The number of likely N-dealkylation sites (N-methyl/N-ethyl adjacent to an activating group) is 1. The maximum atomic E-state index is 12.1. The summed E-state index contributed by atoms with van der Waals surface area (Å²) in [7, 11) is 2.10. The summed E-state index contributed by atoms with van der Waals surface area (Å²) in [6.45, 7) is 4.84. The van der Waals surface area contributed by atoms with E-state index in [2.05, 4.69) is 31.0 Å². The summed E-state index contributed by atoms with van der Waals surface area (Å²) in [4.78, 5) is 14.4. The number of rotatable bonds is 1. The topological polar surface area (TPSA) is 66.5 Å². The molecule has 0 radical (unpaired) electrons. The molecular weight excluding hydrogens is 386 g/mol. The second kappa shape index (κ2) is 6.04. The van der Waals surface area contributed by atoms with E-state index >= 15 is 0 Å². The van der Waals surface area contributed by atoms with Crippen LogP contribution >= 0.6 is 0 Å². The molecular formula is C23H23NO6. The Morgan fingerprint density at radius 3 is 2.63 bits per heavy atom. The van der Waals surface area contributed by atoms with Crippen LogP contribution in [0.25, 0.3) is 0 Å². The Bertz CT molecular complexity index is 1080. The number of nitrogens with zero attached hydrogens (tertiary/aromatic N) is 1. The third-order valence-electron chi connectivity index (χ3n) is 6.95. The van der Waals surface area contributed by atoms with Gasteiger partial charge in [0.05, 0.1) is 5.41 Å². The van der Waals surface area contributed by atoms with Gasteiger partial charge >= 0.3 is 5.97 Å². The highest BCUT2D eigenvalue weighted by Crippen LogP contribution is 2.57. The van der Waals surface area contributed by atoms with Gasteiger partial charge in [0, 0.05) is 31.5 Å². The number of benzene rings is 2. The van der Waals surface area contributed by atoms with Gasteiger partial charge in [0.15, 0.2) is 23.0 Å². The lowest BCUT2D eigenvalue weighted by Crippen LogP contribution is -2.56. The van der Waals surface area contributed by atoms with Crippen molar-refractivity contribution in [1.29, 1.82) is 0 Å². The van der Waals surface area contributed by atoms with Crippen molar-refractivity contribution in [2.24, 2.45) is 0 Å². The molecule has 0 unspecified atom stereocenters. The normalized spacial score (nSPS) is 27.8. The standard InChI is InChI=1S/C23H23NO6/c1-12(25)30-20-7-13-6-18-19(28-10-27-18)8-14(13)22-23(20,2)16-4-5-17-21(29-11-26-17)15(16)9-24(22)3/h4-6,8,20,22H,7,9-11H2,1-3H3/t20-,22-,23+/m0/s1. The molecule has 6 rings (SSSR count). The molecule has 3 aliphatic heterocycles. The summed E-state index contributed by atoms with van der Waals surface area (Å²) in [5.74, 6) is 2.82. The van der Waals surface area contributed by atoms with Gasteiger partial charge in [0.2, 0.25) is 13.6 Å². The summed E-state index contributed by atoms with van der Waals surface area (Å²) >= 11 is 0. The fraction of sp³-hybridized carbons (Fsp3) is 0.435. The maximum absolute atomic E-state index is 12.1. The molecule has 2 aromatic rings. The first-order valence-corrected chi connectivity index (χ1v) is 10.2. The molecule has 30 heavy (non-hydrogen) atoms. The van der Waals surface area contributed by atoms with Crippen molar-refractivity contribution in [2.75, 3.05) is 20.6 Å². The van der Waals surface area contributed by atoms with E-state index in [1.54, 1.807) is 0 Å². The Morgan fingerprint density at radius 1 is 1.10 bits per heavy atom. The number of ether oxygens (including phenoxy) is 5. The molecule has 3 heterocycles. The molecule has 0 bridgehead atoms. The molecule has 0 aromatic heterocycles. The second-order valence-corrected chi connectivity index (χ2v) is 8.63. The average Bonchev–Trinajstić information content (AvgIpc) is 3.35. The number of hydrogen-bond donors (Lipinski definition) is 0. The Hall–Kier alpha value is -2.93. The van der Waals surface area contributed by atoms with Crippen LogP contribution in [0.2, 0.25) is 0 Å². The predicted molar refractivity (Wildman–Crippen MR) is 106 cm³/mol. The molecule has 0 saturated heterocycles. The Kier molecular flexibility index (Phi) is 3.60. The van der Waals surface area contributed by atoms with Crippen molar-refractivity contribution < 1.29 is 28.5 Å². The largest absolute Gasteiger partial charge is 0.461 e. The van der Waals surface area contributed by atoms with E-state index in [1.165, 1.54) is 12.5 Å². The van der Waals surface area contributed by atoms with Crippen molar-refractivity contribution in [2.45, 2.75) is 44.4 Å². The first-order valence-electron chi connectivity index (χ1n) is 10.2. The van der Waals surface area contributed by atoms with Crippen LogP contribution in [-0.2, 0) is 27.9 Å². The first kappa shape index (κ1) is 17.9. The van der Waals surface area contributed by atoms with Gasteiger partial charge in [-0.25, -0.2) is 0 Å². The van der Waals surface area contributed by atoms with Crippen LogP contribution in [0, 0.1) is 0 Å². The van der Waals surface area contributed by atoms with E-state index in [9.17, 15) is 4.79 Å². The maximum Gasteiger partial charge on any atom is 0.302 e. The zero-order valence-corrected chi connectivity index (χ0v) is 17.2. The van der Waals surface area contributed by atoms with Crippen molar-refractivity contribution in [1.82, 2.24) is 4.90 Å². The molecule has 156 valence electrons. The van der Waals surface area contributed by atoms with Gasteiger partial charge in [0.25, 0.3) is 0 Å². The lowest BCUT2D eigenvalue weighted by Gasteiger charge is -2.54. The Morgan fingerprint density at radius 2 is 1.83 bits per heavy atom. The van der Waals surface area contributed by atoms with Crippen LogP contribution < -0.4 is 18.9 Å². The lowest BCUT2D eigenvalue weighted by molar-refractivity contribution is -0.153. The summed E-state index contributed by atoms with van der Waals surface area (Å²) in [5.41, 5.74) is 4.10. The number of carbonyl (C=O) groups excluding carboxylic acids is 1. The molecule has 7 nitrogen and oxygen atoms in total. The molecule has 2 aromatic carbocycles. The Labute approximate surface area is 174 Å². The number of esters is 1. The molecule has 0 N–H and O–H groups in total. The van der Waals surface area contributed by atoms with Gasteiger partial charge in [-0.3, -0.25) is 9.69 Å². The molecule has 0 amide bonds. The van der Waals surface area contributed by atoms with Crippen LogP contribution in [0.15, 0.2) is 24.3 Å². The predicted octanol–water partition coefficient (Wildman–Crippen LogP) is 3.08. The Balaban J connectivity index is 1.59. The van der Waals surface area contributed by atoms with E-state index in [4.69, 9.17) is 23.7 Å². The van der Waals surface area contributed by atoms with Crippen LogP contribution in [-0.4, -0.2) is 37.6 Å². The molecule has 0 saturated carbocycles. The minimum absolute atomic E-state index is 0.00738. The summed E-state index contributed by atoms with van der Waals surface area (Å²) in [6.07, 6.45) is 0.287. The highest BCUT2D eigenvalue weighted by atomic mass is 16.7. The third-order valence-corrected chi connectivity index (χ3v) is 6.95. The highest BCUT2D eigenvalue weighted by molar-refractivity contribution is 5.67. The molecule has 0 spiro atoms. The minimum Gasteiger partial charge on any atom is -0.461 e. The molecule has 7 heteroatoms. The second-order valence-electron chi connectivity index (χ2n) is 8.63. The van der Waals surface area contributed by atoms with Gasteiger partial charge in [-0.2, -0.15) is 0 Å². The van der Waals surface area contributed by atoms with Gasteiger partial charge in [-0.15, -0.1) is 0 Å². The zero-order chi connectivity index (χ0) is 20.6. The van der Waals surface area contributed by atoms with Crippen molar-refractivity contribution in [3.05, 3.63) is 46.5 Å². The van der Waals surface area contributed by atoms with Crippen LogP contribution in [0.1, 0.15) is 42.1 Å². The molecule has 4 aliphatic rings. The molecule has 3 atom stereocenters. The summed E-state index contributed by atoms with van der Waals surface area (Å²) < 4.78 is 28.7. The van der Waals surface area contributed by atoms with Crippen LogP contribution in [0.3, 0.4) is 0 Å². The quantitative estimate of drug-likeness (QED) is 0.671. The third kappa shape index (κ3) is 2.27. The average molecular weight is 409 g/mol. The smallest absolute Gasteiger partial charge is 0.302 e. The van der Waals surface area contributed by atoms with E-state index in [0.717, 1.165) is 39.7 Å². The first-order chi connectivity index (χ1) is 14.5. The van der Waals surface area contributed by atoms with Gasteiger partial charge < -0.3 is 23.7 Å². The fourth-order valence-electron chi connectivity index (χ4n) is 5.75. The van der Waals surface area contributed by atoms with E-state index < -0.39 is 5.41 Å². The molecule has 1 aliphatic carbocycles. The number of hydrogen-bond acceptors (Lipinski definition) is 7. The monoisotopic (exact) mass is 409 g/mol. The highest BCUT2D eigenvalue weighted by Gasteiger charge is 2.55. The zero-order valence-electron chi connectivity index (χ0n) is 17.2. The van der Waals surface area contributed by atoms with Crippen molar-refractivity contribution in [3.8, 4) is 23.0 Å². The summed E-state index contributed by atoms with van der Waals surface area (Å²) in [5, 5.41) is 0. The molecule has 0 fully saturated rings. The number of carbonyl (C=O) groups is 1. The fourth-order valence-corrected chi connectivity index (χ4v) is 5.75. The van der Waals surface area contributed by atoms with E-state index in [-0.39, 0.29) is 31.7 Å². The van der Waals surface area contributed by atoms with E-state index in [1.807, 2.05) is 12.1 Å².